The average molecular weight is 206 g/mol. The second kappa shape index (κ2) is 6.57. The smallest absolute Gasteiger partial charge is 0.0573 e. The molecule has 0 fully saturated rings. The Bertz CT molecular complexity index is 280. The number of aryl methyl sites for hydroxylation is 1. The molecule has 0 saturated carbocycles. The molecule has 0 aliphatic heterocycles. The van der Waals surface area contributed by atoms with Crippen LogP contribution in [-0.2, 0) is 13.0 Å². The van der Waals surface area contributed by atoms with Gasteiger partial charge in [-0.25, -0.2) is 0 Å². The number of hydrogen-bond donors (Lipinski definition) is 1. The van der Waals surface area contributed by atoms with Gasteiger partial charge in [0, 0.05) is 18.8 Å². The molecule has 1 rings (SSSR count). The summed E-state index contributed by atoms with van der Waals surface area (Å²) in [5.74, 6) is 0. The summed E-state index contributed by atoms with van der Waals surface area (Å²) in [6.45, 7) is 7.52. The number of nitrogens with zero attached hydrogens (tertiary/aromatic N) is 1. The minimum atomic E-state index is 0.622. The minimum Gasteiger partial charge on any atom is -0.308 e. The quantitative estimate of drug-likeness (QED) is 0.774. The molecule has 84 valence electrons. The van der Waals surface area contributed by atoms with Crippen molar-refractivity contribution in [2.24, 2.45) is 0 Å². The highest BCUT2D eigenvalue weighted by atomic mass is 14.9. The van der Waals surface area contributed by atoms with Crippen LogP contribution in [0.25, 0.3) is 0 Å². The van der Waals surface area contributed by atoms with Crippen molar-refractivity contribution < 1.29 is 0 Å². The molecule has 15 heavy (non-hydrogen) atoms. The molecule has 0 aliphatic rings. The van der Waals surface area contributed by atoms with Crippen LogP contribution in [0.1, 0.15) is 44.9 Å². The molecule has 0 amide bonds. The van der Waals surface area contributed by atoms with Gasteiger partial charge in [0.25, 0.3) is 0 Å². The van der Waals surface area contributed by atoms with Crippen LogP contribution in [0.15, 0.2) is 18.3 Å². The molecule has 0 aliphatic carbocycles. The number of rotatable bonds is 6. The zero-order chi connectivity index (χ0) is 11.1. The van der Waals surface area contributed by atoms with Gasteiger partial charge in [0.15, 0.2) is 0 Å². The minimum absolute atomic E-state index is 0.622. The van der Waals surface area contributed by atoms with Gasteiger partial charge in [-0.2, -0.15) is 0 Å². The van der Waals surface area contributed by atoms with E-state index >= 15 is 0 Å². The maximum absolute atomic E-state index is 4.43. The molecule has 2 heteroatoms. The van der Waals surface area contributed by atoms with Gasteiger partial charge >= 0.3 is 0 Å². The van der Waals surface area contributed by atoms with E-state index in [2.05, 4.69) is 37.1 Å². The molecular weight excluding hydrogens is 184 g/mol. The van der Waals surface area contributed by atoms with Crippen LogP contribution in [0.3, 0.4) is 0 Å². The van der Waals surface area contributed by atoms with Crippen molar-refractivity contribution in [1.82, 2.24) is 10.3 Å². The van der Waals surface area contributed by atoms with E-state index in [4.69, 9.17) is 0 Å². The van der Waals surface area contributed by atoms with Gasteiger partial charge < -0.3 is 5.32 Å². The molecule has 0 radical (unpaired) electrons. The third kappa shape index (κ3) is 3.63. The Kier molecular flexibility index (Phi) is 5.33. The third-order valence-corrected chi connectivity index (χ3v) is 2.91. The second-order valence-electron chi connectivity index (χ2n) is 3.86. The summed E-state index contributed by atoms with van der Waals surface area (Å²) in [5.41, 5.74) is 2.56. The van der Waals surface area contributed by atoms with Gasteiger partial charge in [-0.3, -0.25) is 4.98 Å². The predicted octanol–water partition coefficient (Wildman–Crippen LogP) is 2.92. The molecule has 1 aromatic heterocycles. The Balaban J connectivity index is 2.56. The van der Waals surface area contributed by atoms with Crippen molar-refractivity contribution in [1.29, 1.82) is 0 Å². The fourth-order valence-electron chi connectivity index (χ4n) is 1.77. The summed E-state index contributed by atoms with van der Waals surface area (Å²) in [7, 11) is 0. The van der Waals surface area contributed by atoms with Crippen molar-refractivity contribution in [2.75, 3.05) is 0 Å². The molecule has 0 saturated heterocycles. The van der Waals surface area contributed by atoms with Crippen LogP contribution in [0.2, 0.25) is 0 Å². The highest BCUT2D eigenvalue weighted by Crippen LogP contribution is 2.07. The molecule has 1 heterocycles. The summed E-state index contributed by atoms with van der Waals surface area (Å²) < 4.78 is 0. The molecule has 1 aromatic rings. The highest BCUT2D eigenvalue weighted by Gasteiger charge is 2.05. The van der Waals surface area contributed by atoms with Crippen molar-refractivity contribution in [3.8, 4) is 0 Å². The van der Waals surface area contributed by atoms with Crippen LogP contribution in [0.4, 0.5) is 0 Å². The fraction of sp³-hybridized carbons (Fsp3) is 0.615. The van der Waals surface area contributed by atoms with Crippen LogP contribution in [0, 0.1) is 0 Å². The van der Waals surface area contributed by atoms with E-state index in [0.29, 0.717) is 6.04 Å². The number of nitrogens with one attached hydrogen (secondary N) is 1. The number of pyridine rings is 1. The number of aromatic nitrogens is 1. The lowest BCUT2D eigenvalue weighted by Gasteiger charge is -2.15. The summed E-state index contributed by atoms with van der Waals surface area (Å²) >= 11 is 0. The first-order valence-corrected chi connectivity index (χ1v) is 5.97. The zero-order valence-electron chi connectivity index (χ0n) is 10.1. The summed E-state index contributed by atoms with van der Waals surface area (Å²) in [4.78, 5) is 4.43. The molecule has 0 unspecified atom stereocenters. The lowest BCUT2D eigenvalue weighted by molar-refractivity contribution is 0.479. The van der Waals surface area contributed by atoms with E-state index < -0.39 is 0 Å². The molecule has 0 bridgehead atoms. The van der Waals surface area contributed by atoms with Gasteiger partial charge in [-0.1, -0.05) is 26.8 Å². The summed E-state index contributed by atoms with van der Waals surface area (Å²) in [5, 5.41) is 3.55. The molecule has 1 N–H and O–H groups in total. The Morgan fingerprint density at radius 3 is 2.60 bits per heavy atom. The molecule has 0 atom stereocenters. The van der Waals surface area contributed by atoms with Crippen molar-refractivity contribution in [3.63, 3.8) is 0 Å². The number of hydrogen-bond acceptors (Lipinski definition) is 2. The Labute approximate surface area is 93.1 Å². The fourth-order valence-corrected chi connectivity index (χ4v) is 1.77. The molecule has 2 nitrogen and oxygen atoms in total. The second-order valence-corrected chi connectivity index (χ2v) is 3.86. The van der Waals surface area contributed by atoms with Gasteiger partial charge in [0.05, 0.1) is 5.69 Å². The molecular formula is C13H22N2. The van der Waals surface area contributed by atoms with Gasteiger partial charge in [0.2, 0.25) is 0 Å². The Morgan fingerprint density at radius 1 is 1.27 bits per heavy atom. The monoisotopic (exact) mass is 206 g/mol. The zero-order valence-corrected chi connectivity index (χ0v) is 10.1. The predicted molar refractivity (Wildman–Crippen MR) is 64.8 cm³/mol. The van der Waals surface area contributed by atoms with E-state index in [1.807, 2.05) is 12.3 Å². The van der Waals surface area contributed by atoms with Crippen LogP contribution < -0.4 is 5.32 Å². The first-order valence-electron chi connectivity index (χ1n) is 5.97. The van der Waals surface area contributed by atoms with Crippen LogP contribution >= 0.6 is 0 Å². The normalized spacial score (nSPS) is 10.9. The third-order valence-electron chi connectivity index (χ3n) is 2.91. The topological polar surface area (TPSA) is 24.9 Å². The molecule has 0 aromatic carbocycles. The van der Waals surface area contributed by atoms with Crippen LogP contribution in [-0.4, -0.2) is 11.0 Å². The summed E-state index contributed by atoms with van der Waals surface area (Å²) in [6.07, 6.45) is 5.31. The largest absolute Gasteiger partial charge is 0.308 e. The van der Waals surface area contributed by atoms with E-state index in [9.17, 15) is 0 Å². The Morgan fingerprint density at radius 2 is 2.00 bits per heavy atom. The van der Waals surface area contributed by atoms with Crippen molar-refractivity contribution in [3.05, 3.63) is 29.6 Å². The first kappa shape index (κ1) is 12.2. The Hall–Kier alpha value is -0.890. The standard InChI is InChI=1S/C13H22N2/c1-4-11-8-7-9-14-13(11)10-15-12(5-2)6-3/h7-9,12,15H,4-6,10H2,1-3H3. The van der Waals surface area contributed by atoms with Gasteiger partial charge in [-0.15, -0.1) is 0 Å². The van der Waals surface area contributed by atoms with Crippen molar-refractivity contribution in [2.45, 2.75) is 52.6 Å². The maximum Gasteiger partial charge on any atom is 0.0573 e. The average Bonchev–Trinajstić information content (AvgIpc) is 2.31. The van der Waals surface area contributed by atoms with E-state index in [1.165, 1.54) is 24.1 Å². The SMILES string of the molecule is CCc1cccnc1CNC(CC)CC. The lowest BCUT2D eigenvalue weighted by atomic mass is 10.1. The van der Waals surface area contributed by atoms with E-state index in [1.54, 1.807) is 0 Å². The van der Waals surface area contributed by atoms with Crippen molar-refractivity contribution >= 4 is 0 Å². The highest BCUT2D eigenvalue weighted by molar-refractivity contribution is 5.19. The van der Waals surface area contributed by atoms with E-state index in [-0.39, 0.29) is 0 Å². The summed E-state index contributed by atoms with van der Waals surface area (Å²) in [6, 6.07) is 4.80. The maximum atomic E-state index is 4.43. The lowest BCUT2D eigenvalue weighted by Crippen LogP contribution is -2.27. The molecule has 0 spiro atoms. The first-order chi connectivity index (χ1) is 7.31. The van der Waals surface area contributed by atoms with Gasteiger partial charge in [0.1, 0.15) is 0 Å². The van der Waals surface area contributed by atoms with Gasteiger partial charge in [-0.05, 0) is 30.9 Å². The van der Waals surface area contributed by atoms with Crippen LogP contribution in [0.5, 0.6) is 0 Å². The van der Waals surface area contributed by atoms with E-state index in [0.717, 1.165) is 13.0 Å².